The first-order valence-electron chi connectivity index (χ1n) is 37.7. The molecule has 20 aromatic rings. The van der Waals surface area contributed by atoms with Crippen molar-refractivity contribution in [2.75, 3.05) is 0 Å². The number of rotatable bonds is 12. The molecule has 2 N–H and O–H groups in total. The molecule has 4 heterocycles. The maximum absolute atomic E-state index is 9.94. The molecule has 0 radical (unpaired) electrons. The van der Waals surface area contributed by atoms with Gasteiger partial charge in [0.05, 0.1) is 34.2 Å². The summed E-state index contributed by atoms with van der Waals surface area (Å²) in [5, 5.41) is 33.6. The van der Waals surface area contributed by atoms with Crippen LogP contribution in [0.3, 0.4) is 0 Å². The number of nitrogens with zero attached hydrogens (tertiary/aromatic N) is 4. The minimum absolute atomic E-state index is 0. The van der Waals surface area contributed by atoms with E-state index in [1.165, 1.54) is 87.6 Å². The Morgan fingerprint density at radius 1 is 0.202 bits per heavy atom. The van der Waals surface area contributed by atoms with E-state index in [2.05, 4.69) is 303 Å². The zero-order valence-corrected chi connectivity index (χ0v) is 64.4. The van der Waals surface area contributed by atoms with Crippen LogP contribution in [0.5, 0.6) is 0 Å². The Balaban J connectivity index is 0.000000153. The Labute approximate surface area is 680 Å². The van der Waals surface area contributed by atoms with Crippen LogP contribution >= 0.6 is 31.9 Å². The lowest BCUT2D eigenvalue weighted by molar-refractivity contribution is 0.426. The van der Waals surface area contributed by atoms with Gasteiger partial charge in [-0.3, -0.25) is 9.97 Å². The van der Waals surface area contributed by atoms with Gasteiger partial charge in [0.2, 0.25) is 0 Å². The van der Waals surface area contributed by atoms with Gasteiger partial charge in [0.15, 0.2) is 0 Å². The Morgan fingerprint density at radius 2 is 0.430 bits per heavy atom. The van der Waals surface area contributed by atoms with Crippen LogP contribution in [-0.2, 0) is 0 Å². The van der Waals surface area contributed by atoms with Crippen LogP contribution in [0, 0.1) is 0 Å². The van der Waals surface area contributed by atoms with E-state index in [9.17, 15) is 10.0 Å². The van der Waals surface area contributed by atoms with Crippen molar-refractivity contribution < 1.29 is 10.0 Å². The topological polar surface area (TPSA) is 92.0 Å². The molecular weight excluding hydrogens is 1520 g/mol. The van der Waals surface area contributed by atoms with Gasteiger partial charge in [-0.05, 0) is 210 Å². The Kier molecular flexibility index (Phi) is 21.2. The molecule has 114 heavy (non-hydrogen) atoms. The molecule has 0 aliphatic carbocycles. The van der Waals surface area contributed by atoms with Gasteiger partial charge in [-0.25, -0.2) is 9.97 Å². The summed E-state index contributed by atoms with van der Waals surface area (Å²) in [6.07, 6.45) is 3.62. The summed E-state index contributed by atoms with van der Waals surface area (Å²) in [5.41, 5.74) is 24.4. The molecule has 0 amide bonds. The van der Waals surface area contributed by atoms with E-state index in [0.29, 0.717) is 5.46 Å². The average molecular weight is 1590 g/mol. The summed E-state index contributed by atoms with van der Waals surface area (Å²) in [4.78, 5) is 19.4. The van der Waals surface area contributed by atoms with Crippen molar-refractivity contribution in [3.8, 4) is 123 Å². The zero-order chi connectivity index (χ0) is 76.1. The lowest BCUT2D eigenvalue weighted by Gasteiger charge is -2.18. The van der Waals surface area contributed by atoms with E-state index in [1.807, 2.05) is 140 Å². The van der Waals surface area contributed by atoms with E-state index in [1.54, 1.807) is 6.20 Å². The van der Waals surface area contributed by atoms with Crippen LogP contribution in [0.25, 0.3) is 188 Å². The predicted molar refractivity (Wildman–Crippen MR) is 487 cm³/mol. The molecular formula is C105H73BBr2N4O2. The van der Waals surface area contributed by atoms with Gasteiger partial charge in [-0.2, -0.15) is 0 Å². The molecule has 0 saturated heterocycles. The fraction of sp³-hybridized carbons (Fsp3) is 0.00952. The maximum Gasteiger partial charge on any atom is 0.489 e. The van der Waals surface area contributed by atoms with Crippen LogP contribution in [0.2, 0.25) is 0 Å². The number of pyridine rings is 4. The van der Waals surface area contributed by atoms with E-state index in [0.717, 1.165) is 109 Å². The molecule has 16 aromatic carbocycles. The highest BCUT2D eigenvalue weighted by Gasteiger charge is 2.24. The molecule has 20 rings (SSSR count). The van der Waals surface area contributed by atoms with Crippen molar-refractivity contribution in [3.05, 3.63) is 416 Å². The highest BCUT2D eigenvalue weighted by atomic mass is 79.9. The summed E-state index contributed by atoms with van der Waals surface area (Å²) in [6.45, 7) is 0. The normalized spacial score (nSPS) is 11.1. The van der Waals surface area contributed by atoms with Crippen molar-refractivity contribution in [3.63, 3.8) is 0 Å². The van der Waals surface area contributed by atoms with Gasteiger partial charge in [-0.15, -0.1) is 0 Å². The minimum Gasteiger partial charge on any atom is -0.423 e. The standard InChI is InChI=1S/C62H40N2.C22H14Br2N2.C20H15BO2.CH4/c1-3-17-42(18-4-1)58-48-21-7-11-25-52(48)60(53-26-12-8-22-49(53)58)44-32-30-41(31-33-44)47-38-39-57(56-29-15-16-40-63-56)64-62(47)46-36-34-45(35-37-46)61-54-27-13-9-23-50(54)59(43-19-5-2-6-20-43)51-24-10-14-28-55(51)61;23-17-8-4-15(5-9-17)19-12-13-21(20-3-1-2-14-25-20)26-22(19)16-6-10-18(24)11-7-16;22-21(23)20-17-12-6-4-10-15(17)19(14-8-2-1-3-9-14)16-11-5-7-13-18(16)20;/h1-40H;1-14H;1-13,22-23H;1H4. The van der Waals surface area contributed by atoms with Crippen LogP contribution in [0.1, 0.15) is 7.43 Å². The summed E-state index contributed by atoms with van der Waals surface area (Å²) in [7, 11) is -1.50. The number of halogens is 2. The number of fused-ring (bicyclic) bond motifs is 6. The van der Waals surface area contributed by atoms with Gasteiger partial charge >= 0.3 is 7.12 Å². The molecule has 6 nitrogen and oxygen atoms in total. The lowest BCUT2D eigenvalue weighted by atomic mass is 9.72. The first-order valence-corrected chi connectivity index (χ1v) is 39.3. The first kappa shape index (κ1) is 73.4. The molecule has 0 spiro atoms. The van der Waals surface area contributed by atoms with Crippen LogP contribution in [0.4, 0.5) is 0 Å². The second-order valence-electron chi connectivity index (χ2n) is 27.8. The largest absolute Gasteiger partial charge is 0.489 e. The Hall–Kier alpha value is -13.4. The quantitative estimate of drug-likeness (QED) is 0.0935. The summed E-state index contributed by atoms with van der Waals surface area (Å²) in [5.74, 6) is 0. The third-order valence-corrected chi connectivity index (χ3v) is 22.2. The van der Waals surface area contributed by atoms with Gasteiger partial charge in [0, 0.05) is 43.6 Å². The molecule has 4 aromatic heterocycles. The summed E-state index contributed by atoms with van der Waals surface area (Å²) < 4.78 is 2.11. The Morgan fingerprint density at radius 3 is 0.711 bits per heavy atom. The number of hydrogen-bond acceptors (Lipinski definition) is 6. The molecule has 0 aliphatic heterocycles. The van der Waals surface area contributed by atoms with Crippen molar-refractivity contribution in [2.45, 2.75) is 7.43 Å². The van der Waals surface area contributed by atoms with E-state index in [-0.39, 0.29) is 7.43 Å². The number of benzene rings is 16. The smallest absolute Gasteiger partial charge is 0.423 e. The first-order chi connectivity index (χ1) is 55.8. The van der Waals surface area contributed by atoms with Gasteiger partial charge in [0.25, 0.3) is 0 Å². The second-order valence-corrected chi connectivity index (χ2v) is 29.6. The summed E-state index contributed by atoms with van der Waals surface area (Å²) in [6, 6.07) is 138. The van der Waals surface area contributed by atoms with Crippen molar-refractivity contribution in [2.24, 2.45) is 0 Å². The highest BCUT2D eigenvalue weighted by molar-refractivity contribution is 9.10. The molecule has 0 unspecified atom stereocenters. The molecule has 0 fully saturated rings. The monoisotopic (exact) mass is 1590 g/mol. The fourth-order valence-electron chi connectivity index (χ4n) is 16.1. The third-order valence-electron chi connectivity index (χ3n) is 21.1. The van der Waals surface area contributed by atoms with E-state index in [4.69, 9.17) is 9.97 Å². The van der Waals surface area contributed by atoms with Gasteiger partial charge in [0.1, 0.15) is 0 Å². The van der Waals surface area contributed by atoms with Crippen LogP contribution in [-0.4, -0.2) is 37.1 Å². The number of hydrogen-bond donors (Lipinski definition) is 2. The SMILES string of the molecule is Brc1ccc(-c2ccc(-c3ccccn3)nc2-c2ccc(Br)cc2)cc1.C.OB(O)c1c2ccccc2c(-c2ccccc2)c2ccccc12.c1ccc(-c2c3ccccc3c(-c3ccc(-c4ccc(-c5ccccn5)nc4-c4ccc(-c5c6ccccc6c(-c6ccccc6)c6ccccc56)cc4)cc3)c3ccccc23)cc1. The maximum atomic E-state index is 9.94. The van der Waals surface area contributed by atoms with Gasteiger partial charge < -0.3 is 10.0 Å². The van der Waals surface area contributed by atoms with E-state index >= 15 is 0 Å². The lowest BCUT2D eigenvalue weighted by Crippen LogP contribution is -2.31. The Bertz CT molecular complexity index is 6690. The highest BCUT2D eigenvalue weighted by Crippen LogP contribution is 2.48. The van der Waals surface area contributed by atoms with Crippen molar-refractivity contribution in [1.82, 2.24) is 19.9 Å². The molecule has 0 saturated carbocycles. The summed E-state index contributed by atoms with van der Waals surface area (Å²) >= 11 is 7.01. The van der Waals surface area contributed by atoms with Crippen molar-refractivity contribution >= 4 is 109 Å². The molecule has 0 atom stereocenters. The van der Waals surface area contributed by atoms with Crippen LogP contribution < -0.4 is 5.46 Å². The molecule has 0 bridgehead atoms. The molecule has 542 valence electrons. The zero-order valence-electron chi connectivity index (χ0n) is 61.2. The fourth-order valence-corrected chi connectivity index (χ4v) is 16.6. The van der Waals surface area contributed by atoms with E-state index < -0.39 is 7.12 Å². The van der Waals surface area contributed by atoms with Gasteiger partial charge in [-0.1, -0.05) is 361 Å². The number of aromatic nitrogens is 4. The average Bonchev–Trinajstić information content (AvgIpc) is 0.745. The molecule has 0 aliphatic rings. The second kappa shape index (κ2) is 32.9. The van der Waals surface area contributed by atoms with Crippen molar-refractivity contribution in [1.29, 1.82) is 0 Å². The minimum atomic E-state index is -1.50. The van der Waals surface area contributed by atoms with Crippen LogP contribution in [0.15, 0.2) is 416 Å². The predicted octanol–water partition coefficient (Wildman–Crippen LogP) is 27.7. The molecule has 9 heteroatoms. The third kappa shape index (κ3) is 14.5.